The Labute approximate surface area is 124 Å². The molecule has 0 saturated carbocycles. The van der Waals surface area contributed by atoms with Gasteiger partial charge in [0.2, 0.25) is 0 Å². The van der Waals surface area contributed by atoms with E-state index in [4.69, 9.17) is 4.74 Å². The van der Waals surface area contributed by atoms with Crippen LogP contribution in [0.4, 0.5) is 11.5 Å². The zero-order valence-corrected chi connectivity index (χ0v) is 12.3. The monoisotopic (exact) mass is 287 g/mol. The van der Waals surface area contributed by atoms with Crippen molar-refractivity contribution in [3.8, 4) is 0 Å². The highest BCUT2D eigenvalue weighted by atomic mass is 16.5. The first kappa shape index (κ1) is 13.9. The fourth-order valence-electron chi connectivity index (χ4n) is 2.46. The van der Waals surface area contributed by atoms with Gasteiger partial charge in [-0.1, -0.05) is 0 Å². The summed E-state index contributed by atoms with van der Waals surface area (Å²) in [6.07, 6.45) is 3.72. The smallest absolute Gasteiger partial charge is 0.128 e. The fraction of sp³-hybridized carbons (Fsp3) is 0.467. The number of hydrogen-bond acceptors (Lipinski definition) is 5. The molecule has 112 valence electrons. The number of pyridine rings is 1. The second kappa shape index (κ2) is 6.58. The van der Waals surface area contributed by atoms with Crippen molar-refractivity contribution in [1.29, 1.82) is 0 Å². The van der Waals surface area contributed by atoms with Gasteiger partial charge in [0.15, 0.2) is 0 Å². The number of anilines is 2. The Morgan fingerprint density at radius 1 is 1.24 bits per heavy atom. The summed E-state index contributed by atoms with van der Waals surface area (Å²) in [6.45, 7) is 7.12. The van der Waals surface area contributed by atoms with Gasteiger partial charge in [0.25, 0.3) is 0 Å². The number of ether oxygens (including phenoxy) is 1. The third-order valence-corrected chi connectivity index (χ3v) is 3.66. The summed E-state index contributed by atoms with van der Waals surface area (Å²) in [7, 11) is 0. The molecule has 1 saturated heterocycles. The molecule has 6 nitrogen and oxygen atoms in total. The van der Waals surface area contributed by atoms with Crippen LogP contribution in [0.15, 0.2) is 30.6 Å². The number of rotatable bonds is 5. The highest BCUT2D eigenvalue weighted by Crippen LogP contribution is 2.16. The van der Waals surface area contributed by atoms with Gasteiger partial charge in [-0.2, -0.15) is 5.10 Å². The first-order valence-corrected chi connectivity index (χ1v) is 7.40. The number of hydrogen-bond donors (Lipinski definition) is 1. The average Bonchev–Trinajstić information content (AvgIpc) is 3.02. The van der Waals surface area contributed by atoms with Crippen LogP contribution in [0.3, 0.4) is 0 Å². The molecule has 3 heterocycles. The second-order valence-corrected chi connectivity index (χ2v) is 5.00. The first-order valence-electron chi connectivity index (χ1n) is 7.40. The highest BCUT2D eigenvalue weighted by Gasteiger charge is 2.11. The minimum atomic E-state index is 0.756. The maximum absolute atomic E-state index is 5.36. The molecule has 1 fully saturated rings. The average molecular weight is 287 g/mol. The minimum Gasteiger partial charge on any atom is -0.378 e. The van der Waals surface area contributed by atoms with Crippen LogP contribution in [-0.2, 0) is 17.8 Å². The zero-order valence-electron chi connectivity index (χ0n) is 12.3. The van der Waals surface area contributed by atoms with E-state index in [1.165, 1.54) is 5.69 Å². The molecular weight excluding hydrogens is 266 g/mol. The summed E-state index contributed by atoms with van der Waals surface area (Å²) in [4.78, 5) is 6.78. The van der Waals surface area contributed by atoms with Gasteiger partial charge in [-0.15, -0.1) is 0 Å². The van der Waals surface area contributed by atoms with Gasteiger partial charge >= 0.3 is 0 Å². The maximum Gasteiger partial charge on any atom is 0.128 e. The van der Waals surface area contributed by atoms with Crippen LogP contribution >= 0.6 is 0 Å². The Morgan fingerprint density at radius 2 is 2.10 bits per heavy atom. The number of morpholine rings is 1. The molecule has 0 aliphatic carbocycles. The minimum absolute atomic E-state index is 0.756. The van der Waals surface area contributed by atoms with Gasteiger partial charge in [0, 0.05) is 25.8 Å². The van der Waals surface area contributed by atoms with Crippen LogP contribution < -0.4 is 10.2 Å². The van der Waals surface area contributed by atoms with Gasteiger partial charge in [-0.25, -0.2) is 4.98 Å². The highest BCUT2D eigenvalue weighted by molar-refractivity contribution is 5.48. The Balaban J connectivity index is 1.59. The summed E-state index contributed by atoms with van der Waals surface area (Å²) in [5, 5.41) is 7.65. The first-order chi connectivity index (χ1) is 10.4. The van der Waals surface area contributed by atoms with Crippen LogP contribution in [0.1, 0.15) is 12.6 Å². The van der Waals surface area contributed by atoms with Crippen LogP contribution in [-0.4, -0.2) is 41.1 Å². The van der Waals surface area contributed by atoms with Crippen molar-refractivity contribution in [2.45, 2.75) is 20.0 Å². The van der Waals surface area contributed by atoms with Crippen molar-refractivity contribution in [2.24, 2.45) is 0 Å². The molecule has 0 spiro atoms. The Hall–Kier alpha value is -2.08. The lowest BCUT2D eigenvalue weighted by Crippen LogP contribution is -2.36. The van der Waals surface area contributed by atoms with Crippen molar-refractivity contribution in [3.63, 3.8) is 0 Å². The number of nitrogens with one attached hydrogen (secondary N) is 1. The lowest BCUT2D eigenvalue weighted by atomic mass is 10.3. The van der Waals surface area contributed by atoms with Gasteiger partial charge in [0.1, 0.15) is 5.82 Å². The van der Waals surface area contributed by atoms with E-state index in [0.29, 0.717) is 0 Å². The largest absolute Gasteiger partial charge is 0.378 e. The Kier molecular flexibility index (Phi) is 4.35. The molecule has 2 aromatic heterocycles. The number of aryl methyl sites for hydroxylation is 1. The third kappa shape index (κ3) is 3.33. The van der Waals surface area contributed by atoms with Crippen LogP contribution in [0, 0.1) is 0 Å². The van der Waals surface area contributed by atoms with E-state index in [9.17, 15) is 0 Å². The van der Waals surface area contributed by atoms with Gasteiger partial charge in [0.05, 0.1) is 37.3 Å². The second-order valence-electron chi connectivity index (χ2n) is 5.00. The van der Waals surface area contributed by atoms with Crippen molar-refractivity contribution < 1.29 is 4.74 Å². The van der Waals surface area contributed by atoms with Gasteiger partial charge in [-0.3, -0.25) is 4.68 Å². The quantitative estimate of drug-likeness (QED) is 0.908. The van der Waals surface area contributed by atoms with E-state index in [-0.39, 0.29) is 0 Å². The predicted molar refractivity (Wildman–Crippen MR) is 82.5 cm³/mol. The molecule has 0 bridgehead atoms. The van der Waals surface area contributed by atoms with Crippen molar-refractivity contribution in [3.05, 3.63) is 36.3 Å². The standard InChI is InChI=1S/C15H21N5O/c1-2-20-14(5-6-18-20)12-16-13-3-4-15(17-11-13)19-7-9-21-10-8-19/h3-6,11,16H,2,7-10,12H2,1H3. The van der Waals surface area contributed by atoms with Crippen LogP contribution in [0.5, 0.6) is 0 Å². The van der Waals surface area contributed by atoms with Crippen molar-refractivity contribution >= 4 is 11.5 Å². The van der Waals surface area contributed by atoms with E-state index < -0.39 is 0 Å². The zero-order chi connectivity index (χ0) is 14.5. The van der Waals surface area contributed by atoms with Gasteiger partial charge in [-0.05, 0) is 25.1 Å². The normalized spacial score (nSPS) is 15.2. The number of nitrogens with zero attached hydrogens (tertiary/aromatic N) is 4. The molecule has 3 rings (SSSR count). The number of aromatic nitrogens is 3. The maximum atomic E-state index is 5.36. The molecule has 0 unspecified atom stereocenters. The topological polar surface area (TPSA) is 55.2 Å². The van der Waals surface area contributed by atoms with E-state index in [1.807, 2.05) is 23.1 Å². The molecule has 2 aromatic rings. The molecule has 1 aliphatic heterocycles. The molecule has 0 aromatic carbocycles. The van der Waals surface area contributed by atoms with E-state index in [1.54, 1.807) is 0 Å². The molecule has 0 radical (unpaired) electrons. The summed E-state index contributed by atoms with van der Waals surface area (Å²) >= 11 is 0. The van der Waals surface area contributed by atoms with Crippen LogP contribution in [0.2, 0.25) is 0 Å². The lowest BCUT2D eigenvalue weighted by molar-refractivity contribution is 0.122. The summed E-state index contributed by atoms with van der Waals surface area (Å²) in [5.74, 6) is 1.02. The van der Waals surface area contributed by atoms with Crippen molar-refractivity contribution in [2.75, 3.05) is 36.5 Å². The van der Waals surface area contributed by atoms with Gasteiger partial charge < -0.3 is 15.0 Å². The third-order valence-electron chi connectivity index (χ3n) is 3.66. The molecule has 6 heteroatoms. The predicted octanol–water partition coefficient (Wildman–Crippen LogP) is 1.75. The molecule has 1 aliphatic rings. The molecule has 1 N–H and O–H groups in total. The summed E-state index contributed by atoms with van der Waals surface area (Å²) in [5.41, 5.74) is 2.20. The fourth-order valence-corrected chi connectivity index (χ4v) is 2.46. The summed E-state index contributed by atoms with van der Waals surface area (Å²) < 4.78 is 7.35. The SMILES string of the molecule is CCn1nccc1CNc1ccc(N2CCOCC2)nc1. The van der Waals surface area contributed by atoms with E-state index in [0.717, 1.165) is 50.9 Å². The molecule has 0 amide bonds. The molecule has 21 heavy (non-hydrogen) atoms. The molecule has 0 atom stereocenters. The van der Waals surface area contributed by atoms with E-state index >= 15 is 0 Å². The van der Waals surface area contributed by atoms with Crippen LogP contribution in [0.25, 0.3) is 0 Å². The van der Waals surface area contributed by atoms with E-state index in [2.05, 4.69) is 39.4 Å². The Bertz CT molecular complexity index is 560. The van der Waals surface area contributed by atoms with Crippen molar-refractivity contribution in [1.82, 2.24) is 14.8 Å². The lowest BCUT2D eigenvalue weighted by Gasteiger charge is -2.27. The molecular formula is C15H21N5O. The Morgan fingerprint density at radius 3 is 2.81 bits per heavy atom. The summed E-state index contributed by atoms with van der Waals surface area (Å²) in [6, 6.07) is 6.17.